The second-order valence-corrected chi connectivity index (χ2v) is 9.32. The number of ether oxygens (including phenoxy) is 2. The van der Waals surface area contributed by atoms with Gasteiger partial charge >= 0.3 is 0 Å². The van der Waals surface area contributed by atoms with Crippen LogP contribution in [0.15, 0.2) is 18.2 Å². The van der Waals surface area contributed by atoms with Crippen LogP contribution in [0, 0.1) is 6.92 Å². The second kappa shape index (κ2) is 9.45. The van der Waals surface area contributed by atoms with Crippen LogP contribution in [0.2, 0.25) is 0 Å². The fourth-order valence-corrected chi connectivity index (χ4v) is 3.94. The maximum Gasteiger partial charge on any atom is 0.251 e. The maximum atomic E-state index is 12.4. The molecule has 3 rings (SSSR count). The van der Waals surface area contributed by atoms with Crippen LogP contribution in [0.5, 0.6) is 5.75 Å². The van der Waals surface area contributed by atoms with Gasteiger partial charge in [0.05, 0.1) is 0 Å². The standard InChI is InChI=1S/C23H36N2O4/c1-17-14-18(23(2,3)4)7-8-20(17)29-16-19(26)15-24-9-11-25(12-10-24)22(27)21-6-5-13-28-21/h7-8,14,19,21,26H,5-6,9-13,15-16H2,1-4H3/t19-,21-/m1/s1. The van der Waals surface area contributed by atoms with Crippen LogP contribution in [0.25, 0.3) is 0 Å². The molecule has 1 aromatic carbocycles. The number of aryl methyl sites for hydroxylation is 1. The third-order valence-corrected chi connectivity index (χ3v) is 5.83. The number of benzene rings is 1. The van der Waals surface area contributed by atoms with Crippen molar-refractivity contribution in [2.24, 2.45) is 0 Å². The number of hydrogen-bond donors (Lipinski definition) is 1. The van der Waals surface area contributed by atoms with Crippen LogP contribution in [-0.2, 0) is 14.9 Å². The number of hydrogen-bond acceptors (Lipinski definition) is 5. The minimum Gasteiger partial charge on any atom is -0.491 e. The predicted octanol–water partition coefficient (Wildman–Crippen LogP) is 2.36. The highest BCUT2D eigenvalue weighted by atomic mass is 16.5. The molecule has 2 saturated heterocycles. The Bertz CT molecular complexity index is 687. The lowest BCUT2D eigenvalue weighted by Crippen LogP contribution is -2.53. The number of rotatable bonds is 6. The molecule has 6 nitrogen and oxygen atoms in total. The van der Waals surface area contributed by atoms with E-state index in [0.717, 1.165) is 37.2 Å². The number of carbonyl (C=O) groups is 1. The van der Waals surface area contributed by atoms with Gasteiger partial charge < -0.3 is 19.5 Å². The highest BCUT2D eigenvalue weighted by Gasteiger charge is 2.30. The minimum atomic E-state index is -0.558. The number of carbonyl (C=O) groups excluding carboxylic acids is 1. The Balaban J connectivity index is 1.41. The summed E-state index contributed by atoms with van der Waals surface area (Å²) in [7, 11) is 0. The molecule has 1 aromatic rings. The Morgan fingerprint density at radius 3 is 2.59 bits per heavy atom. The first-order valence-corrected chi connectivity index (χ1v) is 10.8. The average Bonchev–Trinajstić information content (AvgIpc) is 3.21. The zero-order valence-corrected chi connectivity index (χ0v) is 18.3. The molecule has 0 bridgehead atoms. The van der Waals surface area contributed by atoms with Crippen LogP contribution in [0.3, 0.4) is 0 Å². The number of amides is 1. The molecule has 29 heavy (non-hydrogen) atoms. The van der Waals surface area contributed by atoms with E-state index in [-0.39, 0.29) is 24.0 Å². The van der Waals surface area contributed by atoms with Gasteiger partial charge in [-0.25, -0.2) is 0 Å². The zero-order valence-electron chi connectivity index (χ0n) is 18.3. The molecule has 162 valence electrons. The van der Waals surface area contributed by atoms with E-state index in [1.807, 2.05) is 17.9 Å². The number of nitrogens with zero attached hydrogens (tertiary/aromatic N) is 2. The van der Waals surface area contributed by atoms with Gasteiger partial charge in [0, 0.05) is 39.3 Å². The molecule has 6 heteroatoms. The van der Waals surface area contributed by atoms with Crippen LogP contribution in [0.1, 0.15) is 44.7 Å². The van der Waals surface area contributed by atoms with Crippen molar-refractivity contribution >= 4 is 5.91 Å². The first kappa shape index (κ1) is 22.1. The topological polar surface area (TPSA) is 62.2 Å². The van der Waals surface area contributed by atoms with E-state index in [1.165, 1.54) is 5.56 Å². The number of aliphatic hydroxyl groups excluding tert-OH is 1. The van der Waals surface area contributed by atoms with Crippen LogP contribution in [-0.4, -0.2) is 79.0 Å². The third kappa shape index (κ3) is 5.93. The van der Waals surface area contributed by atoms with Crippen molar-refractivity contribution in [1.29, 1.82) is 0 Å². The van der Waals surface area contributed by atoms with Crippen LogP contribution < -0.4 is 4.74 Å². The summed E-state index contributed by atoms with van der Waals surface area (Å²) < 4.78 is 11.4. The van der Waals surface area contributed by atoms with E-state index in [9.17, 15) is 9.90 Å². The summed E-state index contributed by atoms with van der Waals surface area (Å²) in [5, 5.41) is 10.4. The number of aliphatic hydroxyl groups is 1. The molecular weight excluding hydrogens is 368 g/mol. The molecule has 0 saturated carbocycles. The second-order valence-electron chi connectivity index (χ2n) is 9.32. The van der Waals surface area contributed by atoms with E-state index < -0.39 is 6.10 Å². The lowest BCUT2D eigenvalue weighted by Gasteiger charge is -2.36. The molecule has 2 aliphatic rings. The highest BCUT2D eigenvalue weighted by molar-refractivity contribution is 5.81. The Morgan fingerprint density at radius 1 is 1.28 bits per heavy atom. The van der Waals surface area contributed by atoms with Gasteiger partial charge in [0.25, 0.3) is 5.91 Å². The van der Waals surface area contributed by atoms with E-state index in [2.05, 4.69) is 37.8 Å². The summed E-state index contributed by atoms with van der Waals surface area (Å²) in [5.41, 5.74) is 2.47. The summed E-state index contributed by atoms with van der Waals surface area (Å²) in [5.74, 6) is 0.948. The van der Waals surface area contributed by atoms with Crippen molar-refractivity contribution in [2.75, 3.05) is 45.9 Å². The predicted molar refractivity (Wildman–Crippen MR) is 113 cm³/mol. The van der Waals surface area contributed by atoms with Gasteiger partial charge in [-0.15, -0.1) is 0 Å². The van der Waals surface area contributed by atoms with Gasteiger partial charge in [0.1, 0.15) is 24.6 Å². The van der Waals surface area contributed by atoms with Crippen molar-refractivity contribution < 1.29 is 19.4 Å². The number of piperazine rings is 1. The smallest absolute Gasteiger partial charge is 0.251 e. The first-order chi connectivity index (χ1) is 13.7. The van der Waals surface area contributed by atoms with Gasteiger partial charge in [0.2, 0.25) is 0 Å². The molecule has 0 aromatic heterocycles. The summed E-state index contributed by atoms with van der Waals surface area (Å²) in [4.78, 5) is 16.5. The maximum absolute atomic E-state index is 12.4. The van der Waals surface area contributed by atoms with E-state index in [1.54, 1.807) is 0 Å². The largest absolute Gasteiger partial charge is 0.491 e. The summed E-state index contributed by atoms with van der Waals surface area (Å²) in [6.45, 7) is 13.1. The number of β-amino-alcohol motifs (C(OH)–C–C–N with tert-alkyl or cyclic N) is 1. The monoisotopic (exact) mass is 404 g/mol. The fourth-order valence-electron chi connectivity index (χ4n) is 3.94. The van der Waals surface area contributed by atoms with E-state index in [4.69, 9.17) is 9.47 Å². The van der Waals surface area contributed by atoms with E-state index >= 15 is 0 Å². The Morgan fingerprint density at radius 2 is 2.00 bits per heavy atom. The van der Waals surface area contributed by atoms with E-state index in [0.29, 0.717) is 26.2 Å². The summed E-state index contributed by atoms with van der Waals surface area (Å²) in [6.07, 6.45) is 1.01. The fraction of sp³-hybridized carbons (Fsp3) is 0.696. The van der Waals surface area contributed by atoms with Gasteiger partial charge in [-0.2, -0.15) is 0 Å². The summed E-state index contributed by atoms with van der Waals surface area (Å²) >= 11 is 0. The van der Waals surface area contributed by atoms with Crippen molar-refractivity contribution in [3.8, 4) is 5.75 Å². The minimum absolute atomic E-state index is 0.107. The molecule has 2 atom stereocenters. The van der Waals surface area contributed by atoms with Crippen molar-refractivity contribution in [3.63, 3.8) is 0 Å². The van der Waals surface area contributed by atoms with Crippen molar-refractivity contribution in [3.05, 3.63) is 29.3 Å². The van der Waals surface area contributed by atoms with Crippen molar-refractivity contribution in [2.45, 2.75) is 58.2 Å². The highest BCUT2D eigenvalue weighted by Crippen LogP contribution is 2.27. The van der Waals surface area contributed by atoms with Gasteiger partial charge in [-0.1, -0.05) is 32.9 Å². The molecule has 0 spiro atoms. The average molecular weight is 405 g/mol. The molecule has 1 N–H and O–H groups in total. The molecular formula is C23H36N2O4. The Kier molecular flexibility index (Phi) is 7.19. The Labute approximate surface area is 174 Å². The van der Waals surface area contributed by atoms with Crippen LogP contribution in [0.4, 0.5) is 0 Å². The SMILES string of the molecule is Cc1cc(C(C)(C)C)ccc1OC[C@H](O)CN1CCN(C(=O)[C@H]2CCCO2)CC1. The molecule has 2 aliphatic heterocycles. The lowest BCUT2D eigenvalue weighted by molar-refractivity contribution is -0.142. The lowest BCUT2D eigenvalue weighted by atomic mass is 9.86. The van der Waals surface area contributed by atoms with Gasteiger partial charge in [0.15, 0.2) is 0 Å². The molecule has 1 amide bonds. The quantitative estimate of drug-likeness (QED) is 0.789. The molecule has 0 radical (unpaired) electrons. The van der Waals surface area contributed by atoms with Gasteiger partial charge in [-0.05, 0) is 42.4 Å². The van der Waals surface area contributed by atoms with Crippen molar-refractivity contribution in [1.82, 2.24) is 9.80 Å². The zero-order chi connectivity index (χ0) is 21.0. The third-order valence-electron chi connectivity index (χ3n) is 5.83. The van der Waals surface area contributed by atoms with Gasteiger partial charge in [-0.3, -0.25) is 9.69 Å². The Hall–Kier alpha value is -1.63. The molecule has 2 fully saturated rings. The molecule has 2 heterocycles. The van der Waals surface area contributed by atoms with Crippen LogP contribution >= 0.6 is 0 Å². The normalized spacial score (nSPS) is 22.0. The first-order valence-electron chi connectivity index (χ1n) is 10.8. The molecule has 0 unspecified atom stereocenters. The summed E-state index contributed by atoms with van der Waals surface area (Å²) in [6, 6.07) is 6.25. The molecule has 0 aliphatic carbocycles.